The van der Waals surface area contributed by atoms with Gasteiger partial charge < -0.3 is 5.11 Å². The van der Waals surface area contributed by atoms with Crippen LogP contribution in [0, 0.1) is 5.92 Å². The molecule has 26 heavy (non-hydrogen) atoms. The van der Waals surface area contributed by atoms with Crippen molar-refractivity contribution in [2.24, 2.45) is 5.92 Å². The topological polar surface area (TPSA) is 23.5 Å². The first-order valence-electron chi connectivity index (χ1n) is 9.71. The van der Waals surface area contributed by atoms with E-state index in [1.54, 1.807) is 0 Å². The van der Waals surface area contributed by atoms with Crippen molar-refractivity contribution >= 4 is 10.8 Å². The van der Waals surface area contributed by atoms with Gasteiger partial charge in [0.15, 0.2) is 0 Å². The van der Waals surface area contributed by atoms with Crippen LogP contribution in [0.4, 0.5) is 0 Å². The van der Waals surface area contributed by atoms with Gasteiger partial charge in [0, 0.05) is 6.54 Å². The third kappa shape index (κ3) is 3.98. The van der Waals surface area contributed by atoms with Gasteiger partial charge >= 0.3 is 0 Å². The Balaban J connectivity index is 1.35. The second-order valence-corrected chi connectivity index (χ2v) is 7.52. The highest BCUT2D eigenvalue weighted by Gasteiger charge is 2.23. The number of hydrogen-bond acceptors (Lipinski definition) is 2. The Hall–Kier alpha value is -2.16. The largest absolute Gasteiger partial charge is 0.388 e. The first-order chi connectivity index (χ1) is 12.8. The van der Waals surface area contributed by atoms with Crippen LogP contribution in [-0.2, 0) is 6.54 Å². The van der Waals surface area contributed by atoms with E-state index in [-0.39, 0.29) is 6.10 Å². The molecule has 2 nitrogen and oxygen atoms in total. The van der Waals surface area contributed by atoms with E-state index in [2.05, 4.69) is 77.7 Å². The van der Waals surface area contributed by atoms with Crippen LogP contribution in [0.3, 0.4) is 0 Å². The van der Waals surface area contributed by atoms with E-state index in [1.807, 2.05) is 0 Å². The van der Waals surface area contributed by atoms with Crippen LogP contribution in [-0.4, -0.2) is 23.1 Å². The zero-order valence-corrected chi connectivity index (χ0v) is 15.2. The van der Waals surface area contributed by atoms with E-state index in [9.17, 15) is 5.11 Å². The molecule has 4 rings (SSSR count). The van der Waals surface area contributed by atoms with E-state index in [1.165, 1.54) is 29.2 Å². The number of aliphatic hydroxyl groups is 1. The molecule has 1 saturated heterocycles. The maximum absolute atomic E-state index is 10.9. The second-order valence-electron chi connectivity index (χ2n) is 7.52. The number of piperidine rings is 1. The summed E-state index contributed by atoms with van der Waals surface area (Å²) in [6, 6.07) is 25.3. The summed E-state index contributed by atoms with van der Waals surface area (Å²) in [6.45, 7) is 3.29. The minimum Gasteiger partial charge on any atom is -0.388 e. The van der Waals surface area contributed by atoms with Crippen LogP contribution in [0.25, 0.3) is 10.8 Å². The second kappa shape index (κ2) is 8.03. The maximum Gasteiger partial charge on any atom is 0.0798 e. The predicted molar refractivity (Wildman–Crippen MR) is 108 cm³/mol. The molecule has 0 bridgehead atoms. The normalized spacial score (nSPS) is 17.4. The Morgan fingerprint density at radius 1 is 0.846 bits per heavy atom. The fourth-order valence-electron chi connectivity index (χ4n) is 4.21. The number of rotatable bonds is 5. The van der Waals surface area contributed by atoms with Crippen molar-refractivity contribution in [1.29, 1.82) is 0 Å². The van der Waals surface area contributed by atoms with E-state index in [4.69, 9.17) is 0 Å². The lowest BCUT2D eigenvalue weighted by molar-refractivity contribution is 0.106. The molecule has 1 N–H and O–H groups in total. The van der Waals surface area contributed by atoms with E-state index >= 15 is 0 Å². The van der Waals surface area contributed by atoms with Gasteiger partial charge in [0.1, 0.15) is 0 Å². The molecule has 1 aliphatic rings. The van der Waals surface area contributed by atoms with Gasteiger partial charge in [0.2, 0.25) is 0 Å². The molecule has 134 valence electrons. The maximum atomic E-state index is 10.9. The van der Waals surface area contributed by atoms with Gasteiger partial charge in [0.05, 0.1) is 6.10 Å². The van der Waals surface area contributed by atoms with Gasteiger partial charge in [0.25, 0.3) is 0 Å². The number of benzene rings is 3. The molecule has 0 radical (unpaired) electrons. The van der Waals surface area contributed by atoms with Crippen molar-refractivity contribution < 1.29 is 5.11 Å². The van der Waals surface area contributed by atoms with Gasteiger partial charge in [-0.05, 0) is 60.2 Å². The van der Waals surface area contributed by atoms with Crippen LogP contribution >= 0.6 is 0 Å². The minimum absolute atomic E-state index is 0.369. The Morgan fingerprint density at radius 2 is 1.54 bits per heavy atom. The molecule has 0 spiro atoms. The molecule has 0 aliphatic carbocycles. The molecule has 3 aromatic rings. The van der Waals surface area contributed by atoms with Crippen molar-refractivity contribution in [2.75, 3.05) is 13.1 Å². The van der Waals surface area contributed by atoms with E-state index in [0.29, 0.717) is 5.92 Å². The third-order valence-electron chi connectivity index (χ3n) is 5.70. The Bertz CT molecular complexity index is 832. The zero-order chi connectivity index (χ0) is 17.8. The van der Waals surface area contributed by atoms with Gasteiger partial charge in [-0.15, -0.1) is 0 Å². The van der Waals surface area contributed by atoms with Crippen molar-refractivity contribution in [3.05, 3.63) is 83.9 Å². The number of hydrogen-bond donors (Lipinski definition) is 1. The van der Waals surface area contributed by atoms with Crippen molar-refractivity contribution in [3.8, 4) is 0 Å². The van der Waals surface area contributed by atoms with E-state index < -0.39 is 0 Å². The Labute approximate surface area is 156 Å². The number of nitrogens with zero attached hydrogens (tertiary/aromatic N) is 1. The van der Waals surface area contributed by atoms with Crippen molar-refractivity contribution in [3.63, 3.8) is 0 Å². The lowest BCUT2D eigenvalue weighted by atomic mass is 9.87. The van der Waals surface area contributed by atoms with Gasteiger partial charge in [-0.3, -0.25) is 4.90 Å². The van der Waals surface area contributed by atoms with Crippen LogP contribution in [0.1, 0.15) is 36.5 Å². The summed E-state index contributed by atoms with van der Waals surface area (Å²) < 4.78 is 0. The molecule has 1 unspecified atom stereocenters. The zero-order valence-electron chi connectivity index (χ0n) is 15.2. The highest BCUT2D eigenvalue weighted by atomic mass is 16.3. The molecule has 1 aliphatic heterocycles. The summed E-state index contributed by atoms with van der Waals surface area (Å²) in [5.74, 6) is 0.607. The quantitative estimate of drug-likeness (QED) is 0.689. The lowest BCUT2D eigenvalue weighted by Crippen LogP contribution is -2.33. The Kier molecular flexibility index (Phi) is 5.33. The summed E-state index contributed by atoms with van der Waals surface area (Å²) in [5.41, 5.74) is 2.47. The van der Waals surface area contributed by atoms with Gasteiger partial charge in [-0.2, -0.15) is 0 Å². The van der Waals surface area contributed by atoms with Crippen LogP contribution < -0.4 is 0 Å². The summed E-state index contributed by atoms with van der Waals surface area (Å²) in [7, 11) is 0. The van der Waals surface area contributed by atoms with Crippen LogP contribution in [0.15, 0.2) is 72.8 Å². The summed E-state index contributed by atoms with van der Waals surface area (Å²) in [6.07, 6.45) is 2.85. The molecule has 1 heterocycles. The van der Waals surface area contributed by atoms with Crippen LogP contribution in [0.5, 0.6) is 0 Å². The first kappa shape index (κ1) is 17.3. The van der Waals surface area contributed by atoms with Crippen molar-refractivity contribution in [2.45, 2.75) is 31.9 Å². The Morgan fingerprint density at radius 3 is 2.35 bits per heavy atom. The standard InChI is InChI=1S/C24H27NO/c26-24(23-12-6-10-21-9-4-5-11-22(21)23)17-19-13-15-25(16-14-19)18-20-7-2-1-3-8-20/h1-12,19,24,26H,13-18H2. The first-order valence-corrected chi connectivity index (χ1v) is 9.71. The van der Waals surface area contributed by atoms with E-state index in [0.717, 1.165) is 31.6 Å². The molecular formula is C24H27NO. The fraction of sp³-hybridized carbons (Fsp3) is 0.333. The average Bonchev–Trinajstić information content (AvgIpc) is 2.70. The average molecular weight is 345 g/mol. The number of fused-ring (bicyclic) bond motifs is 1. The molecule has 0 aromatic heterocycles. The molecule has 0 amide bonds. The minimum atomic E-state index is -0.369. The molecule has 0 saturated carbocycles. The monoisotopic (exact) mass is 345 g/mol. The molecule has 1 fully saturated rings. The van der Waals surface area contributed by atoms with Gasteiger partial charge in [-0.1, -0.05) is 72.8 Å². The smallest absolute Gasteiger partial charge is 0.0798 e. The molecule has 1 atom stereocenters. The lowest BCUT2D eigenvalue weighted by Gasteiger charge is -2.33. The molecule has 2 heteroatoms. The summed E-state index contributed by atoms with van der Waals surface area (Å²) in [5, 5.41) is 13.3. The number of likely N-dealkylation sites (tertiary alicyclic amines) is 1. The summed E-state index contributed by atoms with van der Waals surface area (Å²) >= 11 is 0. The predicted octanol–water partition coefficient (Wildman–Crippen LogP) is 5.18. The fourth-order valence-corrected chi connectivity index (χ4v) is 4.21. The molecular weight excluding hydrogens is 318 g/mol. The third-order valence-corrected chi connectivity index (χ3v) is 5.70. The summed E-state index contributed by atoms with van der Waals surface area (Å²) in [4.78, 5) is 2.54. The van der Waals surface area contributed by atoms with Gasteiger partial charge in [-0.25, -0.2) is 0 Å². The SMILES string of the molecule is OC(CC1CCN(Cc2ccccc2)CC1)c1cccc2ccccc12. The highest BCUT2D eigenvalue weighted by molar-refractivity contribution is 5.85. The number of aliphatic hydroxyl groups excluding tert-OH is 1. The highest BCUT2D eigenvalue weighted by Crippen LogP contribution is 2.32. The van der Waals surface area contributed by atoms with Crippen LogP contribution in [0.2, 0.25) is 0 Å². The van der Waals surface area contributed by atoms with Crippen molar-refractivity contribution in [1.82, 2.24) is 4.90 Å². The molecule has 3 aromatic carbocycles.